The minimum atomic E-state index is -3.28. The Kier molecular flexibility index (Phi) is 4.69. The molecular weight excluding hydrogens is 311 g/mol. The number of aliphatic hydroxyl groups excluding tert-OH is 1. The average Bonchev–Trinajstić information content (AvgIpc) is 2.21. The van der Waals surface area contributed by atoms with Crippen molar-refractivity contribution in [1.29, 1.82) is 0 Å². The van der Waals surface area contributed by atoms with Crippen molar-refractivity contribution in [3.63, 3.8) is 0 Å². The topological polar surface area (TPSA) is 54.4 Å². The molecule has 0 fully saturated rings. The highest BCUT2D eigenvalue weighted by Crippen LogP contribution is 2.19. The zero-order valence-electron chi connectivity index (χ0n) is 9.52. The van der Waals surface area contributed by atoms with Gasteiger partial charge >= 0.3 is 0 Å². The van der Waals surface area contributed by atoms with Gasteiger partial charge in [0, 0.05) is 6.26 Å². The lowest BCUT2D eigenvalue weighted by molar-refractivity contribution is 0.173. The van der Waals surface area contributed by atoms with Crippen LogP contribution in [0.15, 0.2) is 22.7 Å². The molecule has 6 heteroatoms. The van der Waals surface area contributed by atoms with Crippen LogP contribution in [0.2, 0.25) is 0 Å². The highest BCUT2D eigenvalue weighted by atomic mass is 79.9. The maximum absolute atomic E-state index is 13.0. The molecule has 0 bridgehead atoms. The molecule has 3 nitrogen and oxygen atoms in total. The predicted molar refractivity (Wildman–Crippen MR) is 68.1 cm³/mol. The molecule has 0 saturated heterocycles. The first-order chi connectivity index (χ1) is 7.71. The van der Waals surface area contributed by atoms with E-state index in [1.165, 1.54) is 25.1 Å². The summed E-state index contributed by atoms with van der Waals surface area (Å²) < 4.78 is 35.8. The number of benzene rings is 1. The quantitative estimate of drug-likeness (QED) is 0.920. The van der Waals surface area contributed by atoms with Crippen LogP contribution in [0, 0.1) is 5.82 Å². The molecule has 0 heterocycles. The van der Waals surface area contributed by atoms with Gasteiger partial charge in [0.05, 0.1) is 15.8 Å². The Morgan fingerprint density at radius 1 is 1.47 bits per heavy atom. The number of hydrogen-bond acceptors (Lipinski definition) is 3. The molecule has 1 rings (SSSR count). The Hall–Kier alpha value is -0.460. The van der Waals surface area contributed by atoms with Crippen molar-refractivity contribution >= 4 is 25.8 Å². The monoisotopic (exact) mass is 324 g/mol. The molecule has 17 heavy (non-hydrogen) atoms. The van der Waals surface area contributed by atoms with Crippen LogP contribution in [0.4, 0.5) is 4.39 Å². The SMILES string of the molecule is CC(C(O)Cc1ccc(F)c(Br)c1)S(C)(=O)=O. The summed E-state index contributed by atoms with van der Waals surface area (Å²) in [7, 11) is -3.28. The van der Waals surface area contributed by atoms with Crippen LogP contribution in [0.3, 0.4) is 0 Å². The van der Waals surface area contributed by atoms with E-state index >= 15 is 0 Å². The third kappa shape index (κ3) is 4.04. The van der Waals surface area contributed by atoms with Crippen LogP contribution in [-0.4, -0.2) is 31.1 Å². The van der Waals surface area contributed by atoms with E-state index in [-0.39, 0.29) is 12.2 Å². The Morgan fingerprint density at radius 2 is 2.06 bits per heavy atom. The third-order valence-corrected chi connectivity index (χ3v) is 4.92. The zero-order chi connectivity index (χ0) is 13.2. The molecular formula is C11H14BrFO3S. The van der Waals surface area contributed by atoms with Crippen molar-refractivity contribution in [1.82, 2.24) is 0 Å². The number of halogens is 2. The summed E-state index contributed by atoms with van der Waals surface area (Å²) >= 11 is 3.04. The maximum atomic E-state index is 13.0. The van der Waals surface area contributed by atoms with E-state index in [9.17, 15) is 17.9 Å². The number of rotatable bonds is 4. The van der Waals surface area contributed by atoms with Crippen molar-refractivity contribution in [2.24, 2.45) is 0 Å². The minimum absolute atomic E-state index is 0.174. The van der Waals surface area contributed by atoms with Crippen LogP contribution in [0.25, 0.3) is 0 Å². The van der Waals surface area contributed by atoms with Gasteiger partial charge in [0.1, 0.15) is 5.82 Å². The van der Waals surface area contributed by atoms with E-state index in [2.05, 4.69) is 15.9 Å². The lowest BCUT2D eigenvalue weighted by atomic mass is 10.1. The summed E-state index contributed by atoms with van der Waals surface area (Å²) in [5, 5.41) is 8.94. The molecule has 0 radical (unpaired) electrons. The molecule has 0 aliphatic rings. The van der Waals surface area contributed by atoms with Crippen molar-refractivity contribution in [3.05, 3.63) is 34.1 Å². The van der Waals surface area contributed by atoms with E-state index in [0.29, 0.717) is 10.0 Å². The van der Waals surface area contributed by atoms with Crippen molar-refractivity contribution in [2.45, 2.75) is 24.7 Å². The summed E-state index contributed by atoms with van der Waals surface area (Å²) in [5.74, 6) is -0.389. The molecule has 2 unspecified atom stereocenters. The Balaban J connectivity index is 2.81. The van der Waals surface area contributed by atoms with Gasteiger partial charge in [-0.05, 0) is 47.0 Å². The summed E-state index contributed by atoms with van der Waals surface area (Å²) in [6, 6.07) is 4.34. The standard InChI is InChI=1S/C11H14BrFO3S/c1-7(17(2,15)16)11(14)6-8-3-4-10(13)9(12)5-8/h3-5,7,11,14H,6H2,1-2H3. The smallest absolute Gasteiger partial charge is 0.152 e. The van der Waals surface area contributed by atoms with E-state index in [4.69, 9.17) is 0 Å². The molecule has 1 N–H and O–H groups in total. The highest BCUT2D eigenvalue weighted by molar-refractivity contribution is 9.10. The molecule has 0 aromatic heterocycles. The summed E-state index contributed by atoms with van der Waals surface area (Å²) in [6.45, 7) is 1.46. The van der Waals surface area contributed by atoms with Crippen LogP contribution >= 0.6 is 15.9 Å². The second kappa shape index (κ2) is 5.46. The first kappa shape index (κ1) is 14.6. The Labute approximate surface area is 109 Å². The largest absolute Gasteiger partial charge is 0.391 e. The first-order valence-corrected chi connectivity index (χ1v) is 7.77. The van der Waals surface area contributed by atoms with Gasteiger partial charge < -0.3 is 5.11 Å². The van der Waals surface area contributed by atoms with E-state index < -0.39 is 21.2 Å². The lowest BCUT2D eigenvalue weighted by Crippen LogP contribution is -2.32. The lowest BCUT2D eigenvalue weighted by Gasteiger charge is -2.17. The van der Waals surface area contributed by atoms with Crippen LogP contribution < -0.4 is 0 Å². The van der Waals surface area contributed by atoms with Crippen molar-refractivity contribution in [2.75, 3.05) is 6.26 Å². The molecule has 96 valence electrons. The van der Waals surface area contributed by atoms with Crippen LogP contribution in [0.1, 0.15) is 12.5 Å². The van der Waals surface area contributed by atoms with E-state index in [1.807, 2.05) is 0 Å². The molecule has 1 aromatic carbocycles. The van der Waals surface area contributed by atoms with Crippen LogP contribution in [0.5, 0.6) is 0 Å². The maximum Gasteiger partial charge on any atom is 0.152 e. The normalized spacial score (nSPS) is 15.6. The molecule has 0 aliphatic heterocycles. The summed E-state index contributed by atoms with van der Waals surface area (Å²) in [5.41, 5.74) is 0.682. The number of aliphatic hydroxyl groups is 1. The van der Waals surface area contributed by atoms with Gasteiger partial charge in [-0.1, -0.05) is 6.07 Å². The molecule has 1 aromatic rings. The minimum Gasteiger partial charge on any atom is -0.391 e. The van der Waals surface area contributed by atoms with E-state index in [1.54, 1.807) is 0 Å². The fourth-order valence-electron chi connectivity index (χ4n) is 1.36. The Morgan fingerprint density at radius 3 is 2.53 bits per heavy atom. The molecule has 0 aliphatic carbocycles. The summed E-state index contributed by atoms with van der Waals surface area (Å²) in [4.78, 5) is 0. The molecule has 0 spiro atoms. The van der Waals surface area contributed by atoms with Gasteiger partial charge in [-0.3, -0.25) is 0 Å². The second-order valence-electron chi connectivity index (χ2n) is 4.05. The van der Waals surface area contributed by atoms with Gasteiger partial charge in [-0.2, -0.15) is 0 Å². The zero-order valence-corrected chi connectivity index (χ0v) is 11.9. The predicted octanol–water partition coefficient (Wildman–Crippen LogP) is 1.92. The molecule has 0 saturated carbocycles. The van der Waals surface area contributed by atoms with Crippen molar-refractivity contribution < 1.29 is 17.9 Å². The van der Waals surface area contributed by atoms with Crippen molar-refractivity contribution in [3.8, 4) is 0 Å². The molecule has 0 amide bonds. The van der Waals surface area contributed by atoms with Crippen LogP contribution in [-0.2, 0) is 16.3 Å². The van der Waals surface area contributed by atoms with Gasteiger partial charge in [0.2, 0.25) is 0 Å². The van der Waals surface area contributed by atoms with Gasteiger partial charge in [-0.25, -0.2) is 12.8 Å². The van der Waals surface area contributed by atoms with Gasteiger partial charge in [-0.15, -0.1) is 0 Å². The molecule has 2 atom stereocenters. The summed E-state index contributed by atoms with van der Waals surface area (Å²) in [6.07, 6.45) is 0.261. The first-order valence-electron chi connectivity index (χ1n) is 5.02. The van der Waals surface area contributed by atoms with E-state index in [0.717, 1.165) is 6.26 Å². The van der Waals surface area contributed by atoms with Gasteiger partial charge in [0.15, 0.2) is 9.84 Å². The average molecular weight is 325 g/mol. The fraction of sp³-hybridized carbons (Fsp3) is 0.455. The van der Waals surface area contributed by atoms with Gasteiger partial charge in [0.25, 0.3) is 0 Å². The Bertz CT molecular complexity index is 501. The fourth-order valence-corrected chi connectivity index (χ4v) is 2.45. The second-order valence-corrected chi connectivity index (χ2v) is 7.31. The number of sulfone groups is 1. The highest BCUT2D eigenvalue weighted by Gasteiger charge is 2.24. The number of hydrogen-bond donors (Lipinski definition) is 1. The third-order valence-electron chi connectivity index (χ3n) is 2.65.